The van der Waals surface area contributed by atoms with E-state index in [1.807, 2.05) is 6.07 Å². The van der Waals surface area contributed by atoms with Crippen LogP contribution in [0.1, 0.15) is 56.7 Å². The Bertz CT molecular complexity index is 498. The van der Waals surface area contributed by atoms with Crippen LogP contribution in [0.15, 0.2) is 21.2 Å². The Labute approximate surface area is 142 Å². The molecule has 0 radical (unpaired) electrons. The van der Waals surface area contributed by atoms with Gasteiger partial charge in [0.05, 0.1) is 11.3 Å². The number of aromatic nitrogens is 1. The average molecular weight is 419 g/mol. The molecule has 1 aliphatic heterocycles. The van der Waals surface area contributed by atoms with Crippen molar-refractivity contribution in [1.29, 1.82) is 0 Å². The molecule has 1 spiro atoms. The highest BCUT2D eigenvalue weighted by molar-refractivity contribution is 9.11. The van der Waals surface area contributed by atoms with Crippen molar-refractivity contribution in [3.8, 4) is 0 Å². The van der Waals surface area contributed by atoms with Gasteiger partial charge in [-0.25, -0.2) is 0 Å². The lowest BCUT2D eigenvalue weighted by atomic mass is 9.74. The minimum absolute atomic E-state index is 0.0178. The van der Waals surface area contributed by atoms with Gasteiger partial charge in [-0.2, -0.15) is 0 Å². The third kappa shape index (κ3) is 3.52. The molecular weight excluding hydrogens is 398 g/mol. The number of hydrogen-bond donors (Lipinski definition) is 1. The van der Waals surface area contributed by atoms with Crippen molar-refractivity contribution >= 4 is 31.9 Å². The highest BCUT2D eigenvalue weighted by Crippen LogP contribution is 2.44. The number of hydrogen-bond acceptors (Lipinski definition) is 3. The second-order valence-corrected chi connectivity index (χ2v) is 8.08. The van der Waals surface area contributed by atoms with E-state index in [1.165, 1.54) is 19.3 Å². The Kier molecular flexibility index (Phi) is 5.04. The van der Waals surface area contributed by atoms with E-state index in [0.717, 1.165) is 46.9 Å². The van der Waals surface area contributed by atoms with Gasteiger partial charge in [-0.1, -0.05) is 19.3 Å². The summed E-state index contributed by atoms with van der Waals surface area (Å²) in [5, 5.41) is 10.8. The van der Waals surface area contributed by atoms with E-state index in [0.29, 0.717) is 0 Å². The number of nitrogens with zero attached hydrogens (tertiary/aromatic N) is 1. The summed E-state index contributed by atoms with van der Waals surface area (Å²) in [7, 11) is 0. The van der Waals surface area contributed by atoms with Crippen LogP contribution in [0.5, 0.6) is 0 Å². The predicted molar refractivity (Wildman–Crippen MR) is 89.1 cm³/mol. The molecule has 2 fully saturated rings. The van der Waals surface area contributed by atoms with Crippen LogP contribution in [0.4, 0.5) is 0 Å². The maximum atomic E-state index is 10.8. The smallest absolute Gasteiger partial charge is 0.100 e. The molecule has 0 amide bonds. The molecule has 0 aromatic carbocycles. The Balaban J connectivity index is 1.76. The van der Waals surface area contributed by atoms with Crippen LogP contribution in [0.25, 0.3) is 0 Å². The third-order valence-corrected chi connectivity index (χ3v) is 5.93. The van der Waals surface area contributed by atoms with Gasteiger partial charge in [0, 0.05) is 21.7 Å². The van der Waals surface area contributed by atoms with E-state index in [4.69, 9.17) is 4.74 Å². The summed E-state index contributed by atoms with van der Waals surface area (Å²) >= 11 is 6.92. The van der Waals surface area contributed by atoms with Crippen molar-refractivity contribution < 1.29 is 9.84 Å². The van der Waals surface area contributed by atoms with Gasteiger partial charge in [-0.15, -0.1) is 0 Å². The van der Waals surface area contributed by atoms with Crippen LogP contribution in [0.2, 0.25) is 0 Å². The Morgan fingerprint density at radius 2 is 2.05 bits per heavy atom. The van der Waals surface area contributed by atoms with Crippen LogP contribution in [0, 0.1) is 5.92 Å². The van der Waals surface area contributed by atoms with Gasteiger partial charge in [0.2, 0.25) is 0 Å². The molecule has 1 aromatic heterocycles. The van der Waals surface area contributed by atoms with E-state index in [1.54, 1.807) is 6.20 Å². The van der Waals surface area contributed by atoms with E-state index < -0.39 is 6.10 Å². The molecule has 1 saturated heterocycles. The maximum absolute atomic E-state index is 10.8. The zero-order valence-electron chi connectivity index (χ0n) is 12.0. The molecule has 2 atom stereocenters. The Hall–Kier alpha value is 0.0300. The summed E-state index contributed by atoms with van der Waals surface area (Å²) in [5.41, 5.74) is 0.764. The van der Waals surface area contributed by atoms with Crippen molar-refractivity contribution in [3.63, 3.8) is 0 Å². The summed E-state index contributed by atoms with van der Waals surface area (Å²) in [5.74, 6) is 0.238. The van der Waals surface area contributed by atoms with Crippen molar-refractivity contribution in [1.82, 2.24) is 4.98 Å². The van der Waals surface area contributed by atoms with Crippen molar-refractivity contribution in [2.45, 2.75) is 56.7 Å². The first-order chi connectivity index (χ1) is 10.1. The van der Waals surface area contributed by atoms with Crippen LogP contribution in [0.3, 0.4) is 0 Å². The normalized spacial score (nSPS) is 26.7. The van der Waals surface area contributed by atoms with Gasteiger partial charge in [-0.05, 0) is 69.5 Å². The van der Waals surface area contributed by atoms with Crippen molar-refractivity contribution in [2.24, 2.45) is 5.92 Å². The minimum atomic E-state index is -0.518. The average Bonchev–Trinajstić information content (AvgIpc) is 2.47. The molecule has 116 valence electrons. The standard InChI is InChI=1S/C16H21Br2NO2/c17-12-8-13(18)14(19-10-12)15(20)11-4-7-21-16(9-11)5-2-1-3-6-16/h8,10-11,15,20H,1-7,9H2. The van der Waals surface area contributed by atoms with Crippen LogP contribution < -0.4 is 0 Å². The third-order valence-electron chi connectivity index (χ3n) is 4.86. The molecule has 2 unspecified atom stereocenters. The summed E-state index contributed by atoms with van der Waals surface area (Å²) in [6.45, 7) is 0.760. The number of ether oxygens (including phenoxy) is 1. The van der Waals surface area contributed by atoms with Crippen LogP contribution in [-0.4, -0.2) is 22.3 Å². The minimum Gasteiger partial charge on any atom is -0.386 e. The Morgan fingerprint density at radius 1 is 1.29 bits per heavy atom. The summed E-state index contributed by atoms with van der Waals surface area (Å²) in [6.07, 6.45) is 9.21. The first kappa shape index (κ1) is 15.9. The van der Waals surface area contributed by atoms with Crippen molar-refractivity contribution in [3.05, 3.63) is 26.9 Å². The fraction of sp³-hybridized carbons (Fsp3) is 0.688. The molecule has 0 bridgehead atoms. The van der Waals surface area contributed by atoms with Gasteiger partial charge < -0.3 is 9.84 Å². The largest absolute Gasteiger partial charge is 0.386 e. The lowest BCUT2D eigenvalue weighted by Crippen LogP contribution is -2.43. The number of rotatable bonds is 2. The highest BCUT2D eigenvalue weighted by atomic mass is 79.9. The van der Waals surface area contributed by atoms with Gasteiger partial charge in [-0.3, -0.25) is 4.98 Å². The number of pyridine rings is 1. The summed E-state index contributed by atoms with van der Waals surface area (Å²) in [4.78, 5) is 4.40. The molecule has 3 nitrogen and oxygen atoms in total. The second-order valence-electron chi connectivity index (χ2n) is 6.31. The molecule has 1 N–H and O–H groups in total. The molecule has 2 heterocycles. The zero-order chi connectivity index (χ0) is 14.9. The Morgan fingerprint density at radius 3 is 2.76 bits per heavy atom. The monoisotopic (exact) mass is 417 g/mol. The van der Waals surface area contributed by atoms with E-state index >= 15 is 0 Å². The summed E-state index contributed by atoms with van der Waals surface area (Å²) in [6, 6.07) is 1.95. The number of halogens is 2. The van der Waals surface area contributed by atoms with E-state index in [2.05, 4.69) is 36.8 Å². The molecule has 1 saturated carbocycles. The molecule has 21 heavy (non-hydrogen) atoms. The maximum Gasteiger partial charge on any atom is 0.100 e. The first-order valence-corrected chi connectivity index (χ1v) is 9.31. The van der Waals surface area contributed by atoms with Gasteiger partial charge in [0.1, 0.15) is 6.10 Å². The lowest BCUT2D eigenvalue weighted by Gasteiger charge is -2.44. The van der Waals surface area contributed by atoms with Gasteiger partial charge >= 0.3 is 0 Å². The number of aliphatic hydroxyl groups is 1. The first-order valence-electron chi connectivity index (χ1n) is 7.73. The summed E-state index contributed by atoms with van der Waals surface area (Å²) < 4.78 is 7.91. The molecule has 3 rings (SSSR count). The van der Waals surface area contributed by atoms with Gasteiger partial charge in [0.15, 0.2) is 0 Å². The molecule has 1 aromatic rings. The van der Waals surface area contributed by atoms with Crippen molar-refractivity contribution in [2.75, 3.05) is 6.61 Å². The topological polar surface area (TPSA) is 42.4 Å². The van der Waals surface area contributed by atoms with E-state index in [-0.39, 0.29) is 11.5 Å². The molecule has 5 heteroatoms. The highest BCUT2D eigenvalue weighted by Gasteiger charge is 2.41. The molecular formula is C16H21Br2NO2. The zero-order valence-corrected chi connectivity index (χ0v) is 15.2. The lowest BCUT2D eigenvalue weighted by molar-refractivity contribution is -0.134. The van der Waals surface area contributed by atoms with E-state index in [9.17, 15) is 5.11 Å². The molecule has 2 aliphatic rings. The fourth-order valence-corrected chi connectivity index (χ4v) is 4.97. The van der Waals surface area contributed by atoms with Gasteiger partial charge in [0.25, 0.3) is 0 Å². The van der Waals surface area contributed by atoms with Crippen LogP contribution in [-0.2, 0) is 4.74 Å². The fourth-order valence-electron chi connectivity index (χ4n) is 3.75. The van der Waals surface area contributed by atoms with Crippen LogP contribution >= 0.6 is 31.9 Å². The second kappa shape index (κ2) is 6.65. The quantitative estimate of drug-likeness (QED) is 0.751. The SMILES string of the molecule is OC(c1ncc(Br)cc1Br)C1CCOC2(CCCCC2)C1. The number of aliphatic hydroxyl groups excluding tert-OH is 1. The predicted octanol–water partition coefficient (Wildman–Crippen LogP) is 4.77. The molecule has 1 aliphatic carbocycles.